The normalized spacial score (nSPS) is 15.9. The second-order valence-electron chi connectivity index (χ2n) is 8.20. The van der Waals surface area contributed by atoms with Crippen LogP contribution in [0, 0.1) is 0 Å². The molecule has 37 heavy (non-hydrogen) atoms. The maximum absolute atomic E-state index is 12.9. The summed E-state index contributed by atoms with van der Waals surface area (Å²) in [4.78, 5) is 50.0. The van der Waals surface area contributed by atoms with Crippen LogP contribution in [0.25, 0.3) is 0 Å². The van der Waals surface area contributed by atoms with Crippen LogP contribution in [0.4, 0.5) is 11.4 Å². The number of benzene rings is 2. The van der Waals surface area contributed by atoms with Gasteiger partial charge < -0.3 is 15.4 Å². The van der Waals surface area contributed by atoms with Crippen molar-refractivity contribution in [2.24, 2.45) is 9.98 Å². The Morgan fingerprint density at radius 3 is 2.62 bits per heavy atom. The molecule has 3 amide bonds. The van der Waals surface area contributed by atoms with E-state index in [0.717, 1.165) is 4.88 Å². The largest absolute Gasteiger partial charge is 0.497 e. The predicted molar refractivity (Wildman–Crippen MR) is 146 cm³/mol. The van der Waals surface area contributed by atoms with Crippen LogP contribution in [0.1, 0.15) is 16.9 Å². The monoisotopic (exact) mass is 533 g/mol. The van der Waals surface area contributed by atoms with Gasteiger partial charge in [-0.1, -0.05) is 30.0 Å². The summed E-state index contributed by atoms with van der Waals surface area (Å²) in [7, 11) is 1.58. The number of carbonyl (C=O) groups excluding carboxylic acids is 3. The standard InChI is InChI=1S/C26H23N5O4S2/c1-35-17-10-8-16(9-11-17)28-23(33)15-37-26-29-20-7-3-2-6-19(20)24-30-25(34)21(31(24)26)13-22(32)27-14-18-5-4-12-36-18/h2-12,21H,13-15H2,1H3,(H,27,32)(H,28,33). The lowest BCUT2D eigenvalue weighted by atomic mass is 10.1. The van der Waals surface area contributed by atoms with Crippen molar-refractivity contribution in [1.29, 1.82) is 0 Å². The van der Waals surface area contributed by atoms with Crippen LogP contribution < -0.4 is 15.4 Å². The third-order valence-electron chi connectivity index (χ3n) is 5.73. The minimum atomic E-state index is -0.831. The SMILES string of the molecule is COc1ccc(NC(=O)CSC2=Nc3ccccc3C3=NC(=O)C(CC(=O)NCc4cccs4)N23)cc1. The molecule has 2 aliphatic heterocycles. The third kappa shape index (κ3) is 5.57. The van der Waals surface area contributed by atoms with Gasteiger partial charge in [0.15, 0.2) is 5.17 Å². The molecule has 3 aromatic rings. The van der Waals surface area contributed by atoms with Crippen molar-refractivity contribution in [2.45, 2.75) is 19.0 Å². The molecule has 0 spiro atoms. The van der Waals surface area contributed by atoms with Crippen LogP contribution >= 0.6 is 23.1 Å². The van der Waals surface area contributed by atoms with Crippen LogP contribution in [0.5, 0.6) is 5.75 Å². The first-order valence-corrected chi connectivity index (χ1v) is 13.3. The van der Waals surface area contributed by atoms with E-state index in [1.54, 1.807) is 47.6 Å². The number of methoxy groups -OCH3 is 1. The lowest BCUT2D eigenvalue weighted by Crippen LogP contribution is -2.46. The summed E-state index contributed by atoms with van der Waals surface area (Å²) in [6, 6.07) is 17.4. The summed E-state index contributed by atoms with van der Waals surface area (Å²) in [6.45, 7) is 0.398. The summed E-state index contributed by atoms with van der Waals surface area (Å²) in [5.41, 5.74) is 2.01. The fraction of sp³-hybridized carbons (Fsp3) is 0.192. The Balaban J connectivity index is 1.30. The third-order valence-corrected chi connectivity index (χ3v) is 7.56. The maximum Gasteiger partial charge on any atom is 0.271 e. The number of nitrogens with zero attached hydrogens (tertiary/aromatic N) is 3. The number of rotatable bonds is 8. The molecule has 5 rings (SSSR count). The van der Waals surface area contributed by atoms with E-state index < -0.39 is 11.9 Å². The number of hydrogen-bond donors (Lipinski definition) is 2. The second-order valence-corrected chi connectivity index (χ2v) is 10.2. The van der Waals surface area contributed by atoms with Crippen LogP contribution in [0.15, 0.2) is 76.0 Å². The average Bonchev–Trinajstić information content (AvgIpc) is 3.55. The van der Waals surface area contributed by atoms with E-state index >= 15 is 0 Å². The highest BCUT2D eigenvalue weighted by molar-refractivity contribution is 8.14. The summed E-state index contributed by atoms with van der Waals surface area (Å²) in [6.07, 6.45) is -0.0724. The Morgan fingerprint density at radius 2 is 1.86 bits per heavy atom. The Labute approximate surface area is 221 Å². The van der Waals surface area contributed by atoms with Crippen molar-refractivity contribution in [3.63, 3.8) is 0 Å². The van der Waals surface area contributed by atoms with Crippen molar-refractivity contribution in [2.75, 3.05) is 18.2 Å². The quantitative estimate of drug-likeness (QED) is 0.456. The Bertz CT molecular complexity index is 1390. The molecule has 2 N–H and O–H groups in total. The molecule has 0 bridgehead atoms. The zero-order chi connectivity index (χ0) is 25.8. The molecule has 0 fully saturated rings. The van der Waals surface area contributed by atoms with Gasteiger partial charge in [0.2, 0.25) is 11.8 Å². The van der Waals surface area contributed by atoms with Gasteiger partial charge in [0.1, 0.15) is 17.6 Å². The molecule has 188 valence electrons. The van der Waals surface area contributed by atoms with Gasteiger partial charge in [0, 0.05) is 16.1 Å². The van der Waals surface area contributed by atoms with Crippen molar-refractivity contribution in [3.05, 3.63) is 76.5 Å². The molecule has 1 aromatic heterocycles. The average molecular weight is 534 g/mol. The lowest BCUT2D eigenvalue weighted by molar-refractivity contribution is -0.126. The highest BCUT2D eigenvalue weighted by Crippen LogP contribution is 2.35. The highest BCUT2D eigenvalue weighted by Gasteiger charge is 2.42. The number of nitrogens with one attached hydrogen (secondary N) is 2. The summed E-state index contributed by atoms with van der Waals surface area (Å²) < 4.78 is 5.15. The van der Waals surface area contributed by atoms with E-state index in [9.17, 15) is 14.4 Å². The molecule has 1 unspecified atom stereocenters. The van der Waals surface area contributed by atoms with E-state index in [4.69, 9.17) is 9.73 Å². The number of hydrogen-bond acceptors (Lipinski definition) is 8. The molecule has 3 heterocycles. The molecule has 0 saturated heterocycles. The number of thioether (sulfide) groups is 1. The molecule has 9 nitrogen and oxygen atoms in total. The van der Waals surface area contributed by atoms with Crippen LogP contribution in [-0.4, -0.2) is 52.5 Å². The van der Waals surface area contributed by atoms with Gasteiger partial charge in [-0.15, -0.1) is 11.3 Å². The van der Waals surface area contributed by atoms with Gasteiger partial charge in [-0.25, -0.2) is 4.99 Å². The van der Waals surface area contributed by atoms with E-state index in [0.29, 0.717) is 40.2 Å². The fourth-order valence-corrected chi connectivity index (χ4v) is 5.44. The number of amidine groups is 2. The minimum Gasteiger partial charge on any atom is -0.497 e. The number of fused-ring (bicyclic) bond motifs is 3. The Morgan fingerprint density at radius 1 is 1.05 bits per heavy atom. The maximum atomic E-state index is 12.9. The van der Waals surface area contributed by atoms with E-state index in [2.05, 4.69) is 15.6 Å². The van der Waals surface area contributed by atoms with Gasteiger partial charge in [0.05, 0.1) is 31.5 Å². The van der Waals surface area contributed by atoms with Gasteiger partial charge in [0.25, 0.3) is 5.91 Å². The number of carbonyl (C=O) groups is 3. The molecule has 0 radical (unpaired) electrons. The summed E-state index contributed by atoms with van der Waals surface area (Å²) >= 11 is 2.74. The number of thiophene rings is 1. The zero-order valence-corrected chi connectivity index (χ0v) is 21.5. The van der Waals surface area contributed by atoms with Gasteiger partial charge in [-0.05, 0) is 47.8 Å². The first-order valence-electron chi connectivity index (χ1n) is 11.5. The Hall–Kier alpha value is -3.96. The Kier molecular flexibility index (Phi) is 7.33. The van der Waals surface area contributed by atoms with Crippen molar-refractivity contribution in [3.8, 4) is 5.75 Å². The molecule has 11 heteroatoms. The van der Waals surface area contributed by atoms with Crippen molar-refractivity contribution < 1.29 is 19.1 Å². The number of anilines is 1. The van der Waals surface area contributed by atoms with Crippen LogP contribution in [-0.2, 0) is 20.9 Å². The van der Waals surface area contributed by atoms with Crippen LogP contribution in [0.3, 0.4) is 0 Å². The zero-order valence-electron chi connectivity index (χ0n) is 19.8. The van der Waals surface area contributed by atoms with E-state index in [1.807, 2.05) is 41.8 Å². The van der Waals surface area contributed by atoms with E-state index in [-0.39, 0.29) is 24.0 Å². The minimum absolute atomic E-state index is 0.0578. The van der Waals surface area contributed by atoms with Crippen molar-refractivity contribution >= 4 is 63.2 Å². The van der Waals surface area contributed by atoms with Crippen molar-refractivity contribution in [1.82, 2.24) is 10.2 Å². The summed E-state index contributed by atoms with van der Waals surface area (Å²) in [5, 5.41) is 8.11. The molecular weight excluding hydrogens is 510 g/mol. The number of para-hydroxylation sites is 1. The topological polar surface area (TPSA) is 112 Å². The number of ether oxygens (including phenoxy) is 1. The second kappa shape index (κ2) is 11.0. The fourth-order valence-electron chi connectivity index (χ4n) is 3.95. The molecule has 0 saturated carbocycles. The molecule has 2 aromatic carbocycles. The summed E-state index contributed by atoms with van der Waals surface area (Å²) in [5.74, 6) is 0.300. The van der Waals surface area contributed by atoms with Gasteiger partial charge in [-0.3, -0.25) is 19.3 Å². The van der Waals surface area contributed by atoms with Gasteiger partial charge >= 0.3 is 0 Å². The highest BCUT2D eigenvalue weighted by atomic mass is 32.2. The van der Waals surface area contributed by atoms with Crippen LogP contribution in [0.2, 0.25) is 0 Å². The molecule has 1 atom stereocenters. The molecular formula is C26H23N5O4S2. The first-order chi connectivity index (χ1) is 18.0. The molecule has 2 aliphatic rings. The molecule has 0 aliphatic carbocycles. The predicted octanol–water partition coefficient (Wildman–Crippen LogP) is 3.79. The lowest BCUT2D eigenvalue weighted by Gasteiger charge is -2.30. The van der Waals surface area contributed by atoms with E-state index in [1.165, 1.54) is 11.8 Å². The number of aliphatic imine (C=N–C) groups is 2. The number of amides is 3. The smallest absolute Gasteiger partial charge is 0.271 e. The van der Waals surface area contributed by atoms with Gasteiger partial charge in [-0.2, -0.15) is 4.99 Å². The first kappa shape index (κ1) is 24.7.